The molecular weight excluding hydrogens is 412 g/mol. The molecule has 0 radical (unpaired) electrons. The van der Waals surface area contributed by atoms with Gasteiger partial charge in [-0.1, -0.05) is 0 Å². The van der Waals surface area contributed by atoms with Crippen molar-refractivity contribution in [2.24, 2.45) is 5.73 Å². The maximum Gasteiger partial charge on any atom is 0.226 e. The molecule has 0 spiro atoms. The Hall–Kier alpha value is -3.18. The molecule has 0 aliphatic carbocycles. The van der Waals surface area contributed by atoms with E-state index in [9.17, 15) is 10.2 Å². The highest BCUT2D eigenvalue weighted by molar-refractivity contribution is 5.83. The van der Waals surface area contributed by atoms with E-state index >= 15 is 0 Å². The molecule has 1 aromatic heterocycles. The summed E-state index contributed by atoms with van der Waals surface area (Å²) in [5.74, 6) is 1.94. The topological polar surface area (TPSA) is 144 Å². The number of nitrogens with two attached hydrogens (primary N) is 1. The second-order valence-corrected chi connectivity index (χ2v) is 8.45. The second kappa shape index (κ2) is 9.53. The zero-order valence-corrected chi connectivity index (χ0v) is 19.5. The van der Waals surface area contributed by atoms with Crippen LogP contribution in [0.4, 0.5) is 23.3 Å². The van der Waals surface area contributed by atoms with Gasteiger partial charge in [0.25, 0.3) is 0 Å². The summed E-state index contributed by atoms with van der Waals surface area (Å²) in [6.07, 6.45) is 0. The summed E-state index contributed by atoms with van der Waals surface area (Å²) in [6.45, 7) is 10.8. The van der Waals surface area contributed by atoms with E-state index in [0.29, 0.717) is 29.6 Å². The van der Waals surface area contributed by atoms with Crippen LogP contribution in [-0.2, 0) is 6.54 Å². The van der Waals surface area contributed by atoms with Gasteiger partial charge in [-0.2, -0.15) is 9.97 Å². The summed E-state index contributed by atoms with van der Waals surface area (Å²) >= 11 is 0. The monoisotopic (exact) mass is 446 g/mol. The Bertz CT molecular complexity index is 928. The molecule has 0 amide bonds. The third-order valence-electron chi connectivity index (χ3n) is 5.01. The third kappa shape index (κ3) is 4.83. The normalized spacial score (nSPS) is 14.2. The lowest BCUT2D eigenvalue weighted by Crippen LogP contribution is -2.50. The SMILES string of the molecule is COc1cc(O)c(CNc2nc(NCC(C)N)nc3c2N(C(C)C)NN3C(C)C)c(O)c1. The van der Waals surface area contributed by atoms with Crippen LogP contribution in [0.2, 0.25) is 0 Å². The van der Waals surface area contributed by atoms with Gasteiger partial charge in [0.15, 0.2) is 11.6 Å². The molecule has 0 saturated heterocycles. The summed E-state index contributed by atoms with van der Waals surface area (Å²) in [5.41, 5.74) is 10.4. The number of aromatic hydroxyl groups is 2. The van der Waals surface area contributed by atoms with Crippen LogP contribution in [0, 0.1) is 0 Å². The Labute approximate surface area is 188 Å². The maximum absolute atomic E-state index is 10.4. The van der Waals surface area contributed by atoms with Crippen LogP contribution in [0.3, 0.4) is 0 Å². The van der Waals surface area contributed by atoms with Gasteiger partial charge in [-0.05, 0) is 34.6 Å². The number of fused-ring (bicyclic) bond motifs is 1. The summed E-state index contributed by atoms with van der Waals surface area (Å²) in [4.78, 5) is 9.39. The van der Waals surface area contributed by atoms with Gasteiger partial charge in [0.2, 0.25) is 5.95 Å². The zero-order chi connectivity index (χ0) is 23.6. The van der Waals surface area contributed by atoms with Gasteiger partial charge in [-0.3, -0.25) is 10.0 Å². The Morgan fingerprint density at radius 3 is 2.19 bits per heavy atom. The molecular formula is C21H34N8O3. The minimum Gasteiger partial charge on any atom is -0.507 e. The average Bonchev–Trinajstić information content (AvgIpc) is 3.11. The van der Waals surface area contributed by atoms with Gasteiger partial charge in [0.1, 0.15) is 22.9 Å². The van der Waals surface area contributed by atoms with E-state index < -0.39 is 0 Å². The van der Waals surface area contributed by atoms with E-state index in [4.69, 9.17) is 15.5 Å². The summed E-state index contributed by atoms with van der Waals surface area (Å²) in [6, 6.07) is 3.10. The summed E-state index contributed by atoms with van der Waals surface area (Å²) in [7, 11) is 1.47. The molecule has 0 saturated carbocycles. The Balaban J connectivity index is 2.01. The van der Waals surface area contributed by atoms with E-state index in [0.717, 1.165) is 11.5 Å². The lowest BCUT2D eigenvalue weighted by Gasteiger charge is -2.27. The molecule has 1 aliphatic rings. The Morgan fingerprint density at radius 2 is 1.66 bits per heavy atom. The second-order valence-electron chi connectivity index (χ2n) is 8.45. The first kappa shape index (κ1) is 23.5. The Morgan fingerprint density at radius 1 is 1.03 bits per heavy atom. The highest BCUT2D eigenvalue weighted by Crippen LogP contribution is 2.41. The van der Waals surface area contributed by atoms with Crippen molar-refractivity contribution >= 4 is 23.3 Å². The summed E-state index contributed by atoms with van der Waals surface area (Å²) in [5, 5.41) is 31.1. The molecule has 0 fully saturated rings. The summed E-state index contributed by atoms with van der Waals surface area (Å²) < 4.78 is 5.09. The first-order valence-electron chi connectivity index (χ1n) is 10.7. The lowest BCUT2D eigenvalue weighted by atomic mass is 10.1. The fourth-order valence-corrected chi connectivity index (χ4v) is 3.32. The first-order chi connectivity index (χ1) is 15.1. The molecule has 176 valence electrons. The van der Waals surface area contributed by atoms with Crippen molar-refractivity contribution in [3.8, 4) is 17.2 Å². The fraction of sp³-hybridized carbons (Fsp3) is 0.524. The number of nitrogens with one attached hydrogen (secondary N) is 3. The standard InChI is InChI=1S/C21H34N8O3/c1-11(2)28-18-19(23-10-15-16(30)7-14(32-6)8-17(15)31)25-21(24-9-13(5)22)26-20(18)29(27-28)12(3)4/h7-8,11-13,27,30-31H,9-10,22H2,1-6H3,(H2,23,24,25,26). The molecule has 11 heteroatoms. The van der Waals surface area contributed by atoms with Crippen LogP contribution in [0.1, 0.15) is 40.2 Å². The number of anilines is 4. The minimum atomic E-state index is -0.0713. The Kier molecular flexibility index (Phi) is 6.99. The van der Waals surface area contributed by atoms with E-state index in [1.165, 1.54) is 19.2 Å². The van der Waals surface area contributed by atoms with Gasteiger partial charge in [0, 0.05) is 43.3 Å². The van der Waals surface area contributed by atoms with Crippen LogP contribution in [0.15, 0.2) is 12.1 Å². The number of methoxy groups -OCH3 is 1. The quantitative estimate of drug-likeness (QED) is 0.337. The number of hydrogen-bond donors (Lipinski definition) is 6. The van der Waals surface area contributed by atoms with Crippen molar-refractivity contribution in [1.29, 1.82) is 0 Å². The average molecular weight is 447 g/mol. The van der Waals surface area contributed by atoms with Crippen LogP contribution < -0.4 is 36.7 Å². The van der Waals surface area contributed by atoms with Gasteiger partial charge in [-0.25, -0.2) is 0 Å². The van der Waals surface area contributed by atoms with E-state index in [1.54, 1.807) is 0 Å². The number of ether oxygens (including phenoxy) is 1. The van der Waals surface area contributed by atoms with E-state index in [-0.39, 0.29) is 36.2 Å². The molecule has 3 rings (SSSR count). The van der Waals surface area contributed by atoms with Crippen molar-refractivity contribution in [3.05, 3.63) is 17.7 Å². The highest BCUT2D eigenvalue weighted by Gasteiger charge is 2.34. The molecule has 1 unspecified atom stereocenters. The van der Waals surface area contributed by atoms with Crippen LogP contribution in [0.25, 0.3) is 0 Å². The molecule has 2 aromatic rings. The van der Waals surface area contributed by atoms with Crippen LogP contribution >= 0.6 is 0 Å². The molecule has 1 aromatic carbocycles. The molecule has 2 heterocycles. The number of aromatic nitrogens is 2. The predicted molar refractivity (Wildman–Crippen MR) is 126 cm³/mol. The number of hydrogen-bond acceptors (Lipinski definition) is 11. The molecule has 1 atom stereocenters. The number of nitrogens with zero attached hydrogens (tertiary/aromatic N) is 4. The van der Waals surface area contributed by atoms with Crippen molar-refractivity contribution < 1.29 is 14.9 Å². The van der Waals surface area contributed by atoms with E-state index in [1.807, 2.05) is 16.9 Å². The number of phenols is 2. The number of hydrazine groups is 2. The van der Waals surface area contributed by atoms with Gasteiger partial charge >= 0.3 is 0 Å². The molecule has 1 aliphatic heterocycles. The van der Waals surface area contributed by atoms with Crippen LogP contribution in [-0.4, -0.2) is 52.0 Å². The lowest BCUT2D eigenvalue weighted by molar-refractivity contribution is 0.394. The minimum absolute atomic E-state index is 0.0667. The van der Waals surface area contributed by atoms with E-state index in [2.05, 4.69) is 48.8 Å². The van der Waals surface area contributed by atoms with Crippen molar-refractivity contribution in [3.63, 3.8) is 0 Å². The number of benzene rings is 1. The fourth-order valence-electron chi connectivity index (χ4n) is 3.32. The van der Waals surface area contributed by atoms with Crippen LogP contribution in [0.5, 0.6) is 17.2 Å². The van der Waals surface area contributed by atoms with Crippen molar-refractivity contribution in [2.45, 2.75) is 59.3 Å². The third-order valence-corrected chi connectivity index (χ3v) is 5.01. The zero-order valence-electron chi connectivity index (χ0n) is 19.5. The number of rotatable bonds is 9. The maximum atomic E-state index is 10.4. The molecule has 11 nitrogen and oxygen atoms in total. The first-order valence-corrected chi connectivity index (χ1v) is 10.7. The molecule has 7 N–H and O–H groups in total. The van der Waals surface area contributed by atoms with Gasteiger partial charge in [-0.15, -0.1) is 5.53 Å². The van der Waals surface area contributed by atoms with Crippen molar-refractivity contribution in [2.75, 3.05) is 34.3 Å². The predicted octanol–water partition coefficient (Wildman–Crippen LogP) is 2.13. The highest BCUT2D eigenvalue weighted by atomic mass is 16.5. The molecule has 0 bridgehead atoms. The smallest absolute Gasteiger partial charge is 0.226 e. The van der Waals surface area contributed by atoms with Gasteiger partial charge in [0.05, 0.1) is 12.7 Å². The van der Waals surface area contributed by atoms with Crippen molar-refractivity contribution in [1.82, 2.24) is 15.5 Å². The van der Waals surface area contributed by atoms with Gasteiger partial charge < -0.3 is 31.3 Å². The largest absolute Gasteiger partial charge is 0.507 e. The number of phenolic OH excluding ortho intramolecular Hbond substituents is 2. The molecule has 32 heavy (non-hydrogen) atoms.